The van der Waals surface area contributed by atoms with Gasteiger partial charge in [-0.25, -0.2) is 13.2 Å². The first-order chi connectivity index (χ1) is 13.0. The molecule has 148 valence electrons. The van der Waals surface area contributed by atoms with E-state index in [0.29, 0.717) is 16.1 Å². The summed E-state index contributed by atoms with van der Waals surface area (Å²) in [6.45, 7) is 1.23. The van der Waals surface area contributed by atoms with Gasteiger partial charge in [-0.1, -0.05) is 17.7 Å². The molecule has 28 heavy (non-hydrogen) atoms. The third-order valence-electron chi connectivity index (χ3n) is 4.57. The van der Waals surface area contributed by atoms with E-state index in [1.165, 1.54) is 27.3 Å². The summed E-state index contributed by atoms with van der Waals surface area (Å²) in [5.41, 5.74) is 7.04. The van der Waals surface area contributed by atoms with E-state index in [4.69, 9.17) is 17.3 Å². The Kier molecular flexibility index (Phi) is 4.99. The Hall–Kier alpha value is -2.78. The molecule has 0 bridgehead atoms. The molecule has 0 saturated carbocycles. The van der Waals surface area contributed by atoms with E-state index in [2.05, 4.69) is 0 Å². The summed E-state index contributed by atoms with van der Waals surface area (Å²) in [6.07, 6.45) is 0. The number of benzene rings is 2. The van der Waals surface area contributed by atoms with Crippen molar-refractivity contribution in [2.45, 2.75) is 11.8 Å². The maximum absolute atomic E-state index is 13.3. The number of anilines is 1. The van der Waals surface area contributed by atoms with E-state index in [-0.39, 0.29) is 16.3 Å². The van der Waals surface area contributed by atoms with Gasteiger partial charge in [0, 0.05) is 19.1 Å². The predicted molar refractivity (Wildman–Crippen MR) is 108 cm³/mol. The molecule has 0 aliphatic rings. The standard InChI is InChI=1S/C18H19ClN4O4S/c1-11-4-5-12(8-14(11)19)23(10-17(20)24)28(26,27)13-6-7-15-16(9-13)22(3)18(25)21(15)2/h4-9H,10H2,1-3H3,(H2,20,24). The molecular formula is C18H19ClN4O4S. The van der Waals surface area contributed by atoms with Crippen molar-refractivity contribution in [3.63, 3.8) is 0 Å². The van der Waals surface area contributed by atoms with E-state index < -0.39 is 22.5 Å². The smallest absolute Gasteiger partial charge is 0.328 e. The van der Waals surface area contributed by atoms with Gasteiger partial charge in [0.2, 0.25) is 5.91 Å². The highest BCUT2D eigenvalue weighted by Gasteiger charge is 2.28. The Morgan fingerprint density at radius 3 is 2.36 bits per heavy atom. The summed E-state index contributed by atoms with van der Waals surface area (Å²) >= 11 is 6.13. The van der Waals surface area contributed by atoms with Gasteiger partial charge in [0.1, 0.15) is 6.54 Å². The van der Waals surface area contributed by atoms with Crippen LogP contribution in [-0.4, -0.2) is 30.0 Å². The van der Waals surface area contributed by atoms with Crippen LogP contribution < -0.4 is 15.7 Å². The Balaban J connectivity index is 2.20. The van der Waals surface area contributed by atoms with Gasteiger partial charge in [0.15, 0.2) is 0 Å². The van der Waals surface area contributed by atoms with Crippen molar-refractivity contribution in [1.29, 1.82) is 0 Å². The molecule has 0 atom stereocenters. The number of aromatic nitrogens is 2. The molecule has 1 heterocycles. The van der Waals surface area contributed by atoms with Crippen LogP contribution in [0, 0.1) is 6.92 Å². The fourth-order valence-electron chi connectivity index (χ4n) is 2.97. The second-order valence-corrected chi connectivity index (χ2v) is 8.73. The van der Waals surface area contributed by atoms with Crippen LogP contribution in [0.3, 0.4) is 0 Å². The van der Waals surface area contributed by atoms with Crippen LogP contribution in [0.1, 0.15) is 5.56 Å². The number of hydrogen-bond acceptors (Lipinski definition) is 4. The molecule has 8 nitrogen and oxygen atoms in total. The number of nitrogens with two attached hydrogens (primary N) is 1. The molecular weight excluding hydrogens is 404 g/mol. The number of sulfonamides is 1. The zero-order valence-electron chi connectivity index (χ0n) is 15.5. The molecule has 3 rings (SSSR count). The van der Waals surface area contributed by atoms with Crippen molar-refractivity contribution in [1.82, 2.24) is 9.13 Å². The molecule has 1 aromatic heterocycles. The highest BCUT2D eigenvalue weighted by atomic mass is 35.5. The number of rotatable bonds is 5. The maximum Gasteiger partial charge on any atom is 0.328 e. The van der Waals surface area contributed by atoms with Crippen LogP contribution in [0.5, 0.6) is 0 Å². The zero-order valence-corrected chi connectivity index (χ0v) is 17.1. The molecule has 2 N–H and O–H groups in total. The van der Waals surface area contributed by atoms with Crippen molar-refractivity contribution in [2.24, 2.45) is 19.8 Å². The first-order valence-corrected chi connectivity index (χ1v) is 10.1. The van der Waals surface area contributed by atoms with Crippen LogP contribution in [0.25, 0.3) is 11.0 Å². The molecule has 0 aliphatic carbocycles. The van der Waals surface area contributed by atoms with Gasteiger partial charge < -0.3 is 5.73 Å². The van der Waals surface area contributed by atoms with E-state index >= 15 is 0 Å². The average molecular weight is 423 g/mol. The highest BCUT2D eigenvalue weighted by Crippen LogP contribution is 2.29. The van der Waals surface area contributed by atoms with Gasteiger partial charge in [-0.2, -0.15) is 0 Å². The van der Waals surface area contributed by atoms with Gasteiger partial charge in [0.05, 0.1) is 21.6 Å². The Morgan fingerprint density at radius 1 is 1.11 bits per heavy atom. The highest BCUT2D eigenvalue weighted by molar-refractivity contribution is 7.92. The maximum atomic E-state index is 13.3. The van der Waals surface area contributed by atoms with Crippen molar-refractivity contribution in [2.75, 3.05) is 10.8 Å². The molecule has 1 amide bonds. The van der Waals surface area contributed by atoms with Gasteiger partial charge in [-0.3, -0.25) is 18.2 Å². The Bertz CT molecular complexity index is 1260. The molecule has 0 spiro atoms. The van der Waals surface area contributed by atoms with Crippen LogP contribution in [0.15, 0.2) is 46.1 Å². The Labute approximate surface area is 166 Å². The summed E-state index contributed by atoms with van der Waals surface area (Å²) in [5, 5.41) is 0.364. The summed E-state index contributed by atoms with van der Waals surface area (Å²) < 4.78 is 30.3. The number of carbonyl (C=O) groups excluding carboxylic acids is 1. The molecule has 0 fully saturated rings. The number of nitrogens with zero attached hydrogens (tertiary/aromatic N) is 3. The van der Waals surface area contributed by atoms with Crippen molar-refractivity contribution >= 4 is 44.3 Å². The third-order valence-corrected chi connectivity index (χ3v) is 6.75. The SMILES string of the molecule is Cc1ccc(N(CC(N)=O)S(=O)(=O)c2ccc3c(c2)n(C)c(=O)n3C)cc1Cl. The number of primary amides is 1. The number of aryl methyl sites for hydroxylation is 3. The number of imidazole rings is 1. The molecule has 0 unspecified atom stereocenters. The second kappa shape index (κ2) is 6.99. The van der Waals surface area contributed by atoms with Gasteiger partial charge in [-0.05, 0) is 42.8 Å². The van der Waals surface area contributed by atoms with Crippen LogP contribution in [0.2, 0.25) is 5.02 Å². The largest absolute Gasteiger partial charge is 0.368 e. The Morgan fingerprint density at radius 2 is 1.75 bits per heavy atom. The van der Waals surface area contributed by atoms with E-state index in [1.54, 1.807) is 39.2 Å². The molecule has 0 aliphatic heterocycles. The zero-order chi connectivity index (χ0) is 20.8. The summed E-state index contributed by atoms with van der Waals surface area (Å²) in [7, 11) is -0.980. The normalized spacial score (nSPS) is 11.7. The lowest BCUT2D eigenvalue weighted by molar-refractivity contribution is -0.116. The number of halogens is 1. The number of hydrogen-bond donors (Lipinski definition) is 1. The first kappa shape index (κ1) is 20.0. The minimum Gasteiger partial charge on any atom is -0.368 e. The van der Waals surface area contributed by atoms with Crippen LogP contribution >= 0.6 is 11.6 Å². The fourth-order valence-corrected chi connectivity index (χ4v) is 4.59. The topological polar surface area (TPSA) is 107 Å². The fraction of sp³-hybridized carbons (Fsp3) is 0.222. The van der Waals surface area contributed by atoms with Gasteiger partial charge >= 0.3 is 5.69 Å². The quantitative estimate of drug-likeness (QED) is 0.672. The summed E-state index contributed by atoms with van der Waals surface area (Å²) in [5.74, 6) is -0.812. The van der Waals surface area contributed by atoms with Crippen LogP contribution in [-0.2, 0) is 28.9 Å². The number of amides is 1. The predicted octanol–water partition coefficient (Wildman–Crippen LogP) is 1.52. The van der Waals surface area contributed by atoms with Gasteiger partial charge in [-0.15, -0.1) is 0 Å². The molecule has 0 radical (unpaired) electrons. The van der Waals surface area contributed by atoms with Crippen molar-refractivity contribution < 1.29 is 13.2 Å². The molecule has 0 saturated heterocycles. The lowest BCUT2D eigenvalue weighted by atomic mass is 10.2. The minimum absolute atomic E-state index is 0.0702. The minimum atomic E-state index is -4.14. The number of fused-ring (bicyclic) bond motifs is 1. The monoisotopic (exact) mass is 422 g/mol. The average Bonchev–Trinajstić information content (AvgIpc) is 2.86. The van der Waals surface area contributed by atoms with Crippen molar-refractivity contribution in [3.05, 3.63) is 57.5 Å². The molecule has 3 aromatic rings. The van der Waals surface area contributed by atoms with E-state index in [9.17, 15) is 18.0 Å². The van der Waals surface area contributed by atoms with E-state index in [0.717, 1.165) is 9.87 Å². The lowest BCUT2D eigenvalue weighted by Gasteiger charge is -2.23. The van der Waals surface area contributed by atoms with Crippen LogP contribution in [0.4, 0.5) is 5.69 Å². The lowest BCUT2D eigenvalue weighted by Crippen LogP contribution is -2.38. The molecule has 2 aromatic carbocycles. The molecule has 10 heteroatoms. The first-order valence-electron chi connectivity index (χ1n) is 8.26. The van der Waals surface area contributed by atoms with Crippen molar-refractivity contribution in [3.8, 4) is 0 Å². The third kappa shape index (κ3) is 3.27. The van der Waals surface area contributed by atoms with E-state index in [1.807, 2.05) is 0 Å². The second-order valence-electron chi connectivity index (χ2n) is 6.46. The summed E-state index contributed by atoms with van der Waals surface area (Å²) in [6, 6.07) is 9.02. The number of carbonyl (C=O) groups is 1. The van der Waals surface area contributed by atoms with Gasteiger partial charge in [0.25, 0.3) is 10.0 Å². The summed E-state index contributed by atoms with van der Waals surface area (Å²) in [4.78, 5) is 23.6.